The number of anilines is 1. The quantitative estimate of drug-likeness (QED) is 0.449. The van der Waals surface area contributed by atoms with Crippen LogP contribution in [0.2, 0.25) is 0 Å². The summed E-state index contributed by atoms with van der Waals surface area (Å²) in [4.78, 5) is 14.2. The number of hydrogen-bond donors (Lipinski definition) is 1. The third-order valence-corrected chi connectivity index (χ3v) is 3.00. The van der Waals surface area contributed by atoms with Crippen LogP contribution in [0.5, 0.6) is 0 Å². The highest BCUT2D eigenvalue weighted by atomic mass is 79.9. The summed E-state index contributed by atoms with van der Waals surface area (Å²) in [6.45, 7) is 5.36. The Morgan fingerprint density at radius 1 is 1.47 bits per heavy atom. The minimum atomic E-state index is -0.442. The van der Waals surface area contributed by atoms with E-state index in [4.69, 9.17) is 4.74 Å². The Labute approximate surface area is 120 Å². The number of pyridine rings is 1. The molecule has 19 heavy (non-hydrogen) atoms. The average Bonchev–Trinajstić information content (AvgIpc) is 2.34. The van der Waals surface area contributed by atoms with Crippen molar-refractivity contribution in [2.45, 2.75) is 32.8 Å². The zero-order valence-electron chi connectivity index (χ0n) is 11.1. The molecular weight excluding hydrogens is 314 g/mol. The van der Waals surface area contributed by atoms with Gasteiger partial charge < -0.3 is 10.1 Å². The number of ether oxygens (including phenoxy) is 1. The summed E-state index contributed by atoms with van der Waals surface area (Å²) >= 11 is 3.26. The van der Waals surface area contributed by atoms with Crippen molar-refractivity contribution in [3.05, 3.63) is 27.0 Å². The normalized spacial score (nSPS) is 10.7. The van der Waals surface area contributed by atoms with E-state index in [2.05, 4.69) is 26.2 Å². The van der Waals surface area contributed by atoms with Gasteiger partial charge in [-0.25, -0.2) is 0 Å². The second-order valence-corrected chi connectivity index (χ2v) is 5.18. The predicted molar refractivity (Wildman–Crippen MR) is 77.4 cm³/mol. The van der Waals surface area contributed by atoms with Crippen LogP contribution in [0.3, 0.4) is 0 Å². The van der Waals surface area contributed by atoms with Crippen LogP contribution in [0.4, 0.5) is 11.4 Å². The van der Waals surface area contributed by atoms with Crippen LogP contribution in [0.1, 0.15) is 26.7 Å². The maximum Gasteiger partial charge on any atom is 0.311 e. The Balaban J connectivity index is 2.43. The topological polar surface area (TPSA) is 77.3 Å². The van der Waals surface area contributed by atoms with Crippen molar-refractivity contribution >= 4 is 27.3 Å². The highest BCUT2D eigenvalue weighted by molar-refractivity contribution is 9.10. The summed E-state index contributed by atoms with van der Waals surface area (Å²) in [6.07, 6.45) is 4.83. The van der Waals surface area contributed by atoms with Gasteiger partial charge in [0.05, 0.1) is 15.5 Å². The van der Waals surface area contributed by atoms with Crippen molar-refractivity contribution in [1.29, 1.82) is 0 Å². The summed E-state index contributed by atoms with van der Waals surface area (Å²) in [7, 11) is 0. The lowest BCUT2D eigenvalue weighted by Gasteiger charge is -2.09. The van der Waals surface area contributed by atoms with Gasteiger partial charge in [0.15, 0.2) is 0 Å². The summed E-state index contributed by atoms with van der Waals surface area (Å²) in [5, 5.41) is 13.9. The molecule has 0 spiro atoms. The predicted octanol–water partition coefficient (Wildman–Crippen LogP) is 3.37. The van der Waals surface area contributed by atoms with E-state index in [-0.39, 0.29) is 11.8 Å². The van der Waals surface area contributed by atoms with Gasteiger partial charge in [-0.2, -0.15) is 0 Å². The number of nitrogens with zero attached hydrogens (tertiary/aromatic N) is 2. The van der Waals surface area contributed by atoms with E-state index in [9.17, 15) is 10.1 Å². The molecule has 0 aliphatic carbocycles. The van der Waals surface area contributed by atoms with Crippen molar-refractivity contribution in [3.63, 3.8) is 0 Å². The highest BCUT2D eigenvalue weighted by Gasteiger charge is 2.16. The summed E-state index contributed by atoms with van der Waals surface area (Å²) in [5.74, 6) is 0. The Bertz CT molecular complexity index is 427. The Kier molecular flexibility index (Phi) is 6.72. The molecule has 1 heterocycles. The summed E-state index contributed by atoms with van der Waals surface area (Å²) < 4.78 is 6.02. The molecule has 0 saturated heterocycles. The first-order chi connectivity index (χ1) is 9.02. The van der Waals surface area contributed by atoms with E-state index in [1.165, 1.54) is 12.4 Å². The molecule has 0 atom stereocenters. The number of rotatable bonds is 8. The summed E-state index contributed by atoms with van der Waals surface area (Å²) in [5.41, 5.74) is 0.456. The van der Waals surface area contributed by atoms with Crippen LogP contribution >= 0.6 is 15.9 Å². The Hall–Kier alpha value is -1.21. The molecule has 0 aliphatic rings. The zero-order valence-corrected chi connectivity index (χ0v) is 12.6. The lowest BCUT2D eigenvalue weighted by atomic mass is 10.3. The van der Waals surface area contributed by atoms with Crippen molar-refractivity contribution in [2.24, 2.45) is 0 Å². The van der Waals surface area contributed by atoms with Crippen molar-refractivity contribution in [3.8, 4) is 0 Å². The van der Waals surface area contributed by atoms with Gasteiger partial charge in [-0.3, -0.25) is 15.1 Å². The van der Waals surface area contributed by atoms with E-state index >= 15 is 0 Å². The first kappa shape index (κ1) is 15.8. The molecule has 0 amide bonds. The van der Waals surface area contributed by atoms with Crippen LogP contribution in [0, 0.1) is 10.1 Å². The van der Waals surface area contributed by atoms with Crippen LogP contribution < -0.4 is 5.32 Å². The minimum absolute atomic E-state index is 0.0206. The maximum absolute atomic E-state index is 10.9. The van der Waals surface area contributed by atoms with Gasteiger partial charge in [-0.1, -0.05) is 0 Å². The van der Waals surface area contributed by atoms with Crippen molar-refractivity contribution in [2.75, 3.05) is 18.5 Å². The number of aromatic nitrogens is 1. The zero-order chi connectivity index (χ0) is 14.3. The van der Waals surface area contributed by atoms with Gasteiger partial charge >= 0.3 is 5.69 Å². The molecular formula is C12H18BrN3O3. The average molecular weight is 332 g/mol. The molecule has 0 unspecified atom stereocenters. The van der Waals surface area contributed by atoms with Gasteiger partial charge in [-0.05, 0) is 42.6 Å². The number of nitrogens with one attached hydrogen (secondary N) is 1. The second-order valence-electron chi connectivity index (χ2n) is 4.33. The number of unbranched alkanes of at least 4 members (excludes halogenated alkanes) is 1. The second kappa shape index (κ2) is 8.06. The van der Waals surface area contributed by atoms with E-state index in [0.717, 1.165) is 12.8 Å². The molecule has 6 nitrogen and oxygen atoms in total. The molecule has 1 N–H and O–H groups in total. The molecule has 106 valence electrons. The van der Waals surface area contributed by atoms with Gasteiger partial charge in [0.2, 0.25) is 0 Å². The van der Waals surface area contributed by atoms with Gasteiger partial charge in [0, 0.05) is 19.3 Å². The van der Waals surface area contributed by atoms with Gasteiger partial charge in [-0.15, -0.1) is 0 Å². The molecule has 0 radical (unpaired) electrons. The lowest BCUT2D eigenvalue weighted by Crippen LogP contribution is -2.08. The third-order valence-electron chi connectivity index (χ3n) is 2.40. The monoisotopic (exact) mass is 331 g/mol. The first-order valence-corrected chi connectivity index (χ1v) is 6.95. The summed E-state index contributed by atoms with van der Waals surface area (Å²) in [6, 6.07) is 0. The van der Waals surface area contributed by atoms with E-state index in [1.54, 1.807) is 0 Å². The van der Waals surface area contributed by atoms with E-state index in [0.29, 0.717) is 23.3 Å². The molecule has 0 bridgehead atoms. The molecule has 0 aromatic carbocycles. The highest BCUT2D eigenvalue weighted by Crippen LogP contribution is 2.30. The van der Waals surface area contributed by atoms with Crippen LogP contribution in [-0.4, -0.2) is 29.2 Å². The molecule has 7 heteroatoms. The molecule has 1 aromatic heterocycles. The molecule has 1 aromatic rings. The smallest absolute Gasteiger partial charge is 0.311 e. The molecule has 0 saturated carbocycles. The third kappa shape index (κ3) is 5.52. The Morgan fingerprint density at radius 2 is 2.21 bits per heavy atom. The lowest BCUT2D eigenvalue weighted by molar-refractivity contribution is -0.384. The van der Waals surface area contributed by atoms with Crippen LogP contribution in [0.15, 0.2) is 16.9 Å². The van der Waals surface area contributed by atoms with Crippen LogP contribution in [0.25, 0.3) is 0 Å². The SMILES string of the molecule is CC(C)OCCCCNc1c(Br)cncc1[N+](=O)[O-]. The van der Waals surface area contributed by atoms with Crippen LogP contribution in [-0.2, 0) is 4.74 Å². The van der Waals surface area contributed by atoms with E-state index < -0.39 is 4.92 Å². The van der Waals surface area contributed by atoms with Crippen molar-refractivity contribution in [1.82, 2.24) is 4.98 Å². The minimum Gasteiger partial charge on any atom is -0.379 e. The van der Waals surface area contributed by atoms with E-state index in [1.807, 2.05) is 13.8 Å². The molecule has 1 rings (SSSR count). The first-order valence-electron chi connectivity index (χ1n) is 6.15. The van der Waals surface area contributed by atoms with Gasteiger partial charge in [0.1, 0.15) is 11.9 Å². The number of hydrogen-bond acceptors (Lipinski definition) is 5. The maximum atomic E-state index is 10.9. The number of halogens is 1. The fraction of sp³-hybridized carbons (Fsp3) is 0.583. The molecule has 0 fully saturated rings. The van der Waals surface area contributed by atoms with Crippen molar-refractivity contribution < 1.29 is 9.66 Å². The standard InChI is InChI=1S/C12H18BrN3O3/c1-9(2)19-6-4-3-5-15-12-10(13)7-14-8-11(12)16(17)18/h7-9H,3-6H2,1-2H3,(H,14,15). The van der Waals surface area contributed by atoms with Gasteiger partial charge in [0.25, 0.3) is 0 Å². The Morgan fingerprint density at radius 3 is 2.84 bits per heavy atom. The fourth-order valence-electron chi connectivity index (χ4n) is 1.50. The fourth-order valence-corrected chi connectivity index (χ4v) is 1.96. The molecule has 0 aliphatic heterocycles. The largest absolute Gasteiger partial charge is 0.379 e. The number of nitro groups is 1.